The highest BCUT2D eigenvalue weighted by molar-refractivity contribution is 7.71. The molecule has 1 fully saturated rings. The smallest absolute Gasteiger partial charge is 0.157 e. The van der Waals surface area contributed by atoms with Gasteiger partial charge in [-0.15, -0.1) is 0 Å². The first-order chi connectivity index (χ1) is 9.10. The number of aryl methyl sites for hydroxylation is 1. The Morgan fingerprint density at radius 2 is 2.42 bits per heavy atom. The molecule has 3 rings (SSSR count). The molecule has 0 spiro atoms. The van der Waals surface area contributed by atoms with E-state index in [1.54, 1.807) is 10.9 Å². The van der Waals surface area contributed by atoms with Crippen molar-refractivity contribution in [3.8, 4) is 0 Å². The molecule has 0 radical (unpaired) electrons. The van der Waals surface area contributed by atoms with Crippen molar-refractivity contribution < 1.29 is 14.9 Å². The zero-order chi connectivity index (χ0) is 13.6. The van der Waals surface area contributed by atoms with Crippen LogP contribution in [0.25, 0.3) is 11.2 Å². The van der Waals surface area contributed by atoms with E-state index in [0.717, 1.165) is 0 Å². The molecular formula is C11H14N4O3S. The molecule has 0 aromatic carbocycles. The molecule has 102 valence electrons. The second kappa shape index (κ2) is 4.64. The predicted octanol–water partition coefficient (Wildman–Crippen LogP) is 0.438. The molecule has 3 N–H and O–H groups in total. The highest BCUT2D eigenvalue weighted by Gasteiger charge is 2.35. The van der Waals surface area contributed by atoms with Gasteiger partial charge in [0.05, 0.1) is 19.0 Å². The number of aliphatic hydroxyl groups excluding tert-OH is 2. The van der Waals surface area contributed by atoms with Crippen molar-refractivity contribution in [1.29, 1.82) is 0 Å². The molecule has 1 aliphatic rings. The number of aromatic amines is 1. The number of ether oxygens (including phenoxy) is 1. The lowest BCUT2D eigenvalue weighted by molar-refractivity contribution is -0.0432. The Bertz CT molecular complexity index is 667. The van der Waals surface area contributed by atoms with Crippen LogP contribution in [0.2, 0.25) is 0 Å². The fraction of sp³-hybridized carbons (Fsp3) is 0.545. The van der Waals surface area contributed by atoms with Gasteiger partial charge in [0.25, 0.3) is 0 Å². The summed E-state index contributed by atoms with van der Waals surface area (Å²) < 4.78 is 7.81. The van der Waals surface area contributed by atoms with E-state index in [4.69, 9.17) is 22.1 Å². The van der Waals surface area contributed by atoms with Gasteiger partial charge in [0.2, 0.25) is 0 Å². The van der Waals surface area contributed by atoms with Crippen molar-refractivity contribution in [2.24, 2.45) is 0 Å². The van der Waals surface area contributed by atoms with Crippen molar-refractivity contribution in [1.82, 2.24) is 19.5 Å². The predicted molar refractivity (Wildman–Crippen MR) is 69.1 cm³/mol. The van der Waals surface area contributed by atoms with Crippen LogP contribution in [0.3, 0.4) is 0 Å². The number of hydrogen-bond donors (Lipinski definition) is 3. The lowest BCUT2D eigenvalue weighted by Crippen LogP contribution is -2.24. The van der Waals surface area contributed by atoms with Crippen LogP contribution in [0.4, 0.5) is 0 Å². The largest absolute Gasteiger partial charge is 0.394 e. The number of imidazole rings is 1. The van der Waals surface area contributed by atoms with Crippen LogP contribution in [0.15, 0.2) is 6.33 Å². The summed E-state index contributed by atoms with van der Waals surface area (Å²) >= 11 is 5.16. The number of aliphatic hydroxyl groups is 2. The van der Waals surface area contributed by atoms with Gasteiger partial charge in [-0.3, -0.25) is 4.57 Å². The SMILES string of the molecule is Cc1nc(=S)c2ncn([C@H]3CC(O)[C@@H](CO)O3)c2[nH]1. The van der Waals surface area contributed by atoms with E-state index in [2.05, 4.69) is 15.0 Å². The average molecular weight is 282 g/mol. The third-order valence-corrected chi connectivity index (χ3v) is 3.54. The minimum atomic E-state index is -0.682. The summed E-state index contributed by atoms with van der Waals surface area (Å²) in [6, 6.07) is 0. The maximum Gasteiger partial charge on any atom is 0.157 e. The minimum absolute atomic E-state index is 0.207. The number of nitrogens with one attached hydrogen (secondary N) is 1. The quantitative estimate of drug-likeness (QED) is 0.692. The van der Waals surface area contributed by atoms with Gasteiger partial charge in [0.1, 0.15) is 29.3 Å². The van der Waals surface area contributed by atoms with Crippen LogP contribution < -0.4 is 0 Å². The van der Waals surface area contributed by atoms with Crippen LogP contribution in [0.5, 0.6) is 0 Å². The van der Waals surface area contributed by atoms with Crippen molar-refractivity contribution in [3.05, 3.63) is 16.8 Å². The number of aromatic nitrogens is 4. The molecule has 3 atom stereocenters. The third kappa shape index (κ3) is 2.06. The molecule has 0 aliphatic carbocycles. The average Bonchev–Trinajstić information content (AvgIpc) is 2.92. The van der Waals surface area contributed by atoms with Crippen molar-refractivity contribution in [2.45, 2.75) is 31.8 Å². The fourth-order valence-electron chi connectivity index (χ4n) is 2.31. The van der Waals surface area contributed by atoms with E-state index >= 15 is 0 Å². The van der Waals surface area contributed by atoms with Crippen LogP contribution in [-0.2, 0) is 4.74 Å². The lowest BCUT2D eigenvalue weighted by Gasteiger charge is -2.14. The standard InChI is InChI=1S/C11H14N4O3S/c1-5-13-10-9(11(19)14-5)12-4-15(10)8-2-6(17)7(3-16)18-8/h4,6-8,16-17H,2-3H2,1H3,(H,13,14,19)/t6?,7-,8-/m1/s1. The highest BCUT2D eigenvalue weighted by Crippen LogP contribution is 2.30. The number of rotatable bonds is 2. The molecule has 3 heterocycles. The maximum absolute atomic E-state index is 9.78. The van der Waals surface area contributed by atoms with Gasteiger partial charge >= 0.3 is 0 Å². The van der Waals surface area contributed by atoms with Crippen molar-refractivity contribution in [3.63, 3.8) is 0 Å². The molecule has 1 unspecified atom stereocenters. The number of fused-ring (bicyclic) bond motifs is 1. The van der Waals surface area contributed by atoms with Crippen LogP contribution in [0.1, 0.15) is 18.5 Å². The van der Waals surface area contributed by atoms with E-state index in [1.165, 1.54) is 0 Å². The second-order valence-corrected chi connectivity index (χ2v) is 4.98. The Morgan fingerprint density at radius 1 is 1.63 bits per heavy atom. The van der Waals surface area contributed by atoms with E-state index in [9.17, 15) is 5.11 Å². The maximum atomic E-state index is 9.78. The lowest BCUT2D eigenvalue weighted by atomic mass is 10.2. The number of nitrogens with zero attached hydrogens (tertiary/aromatic N) is 3. The van der Waals surface area contributed by atoms with Gasteiger partial charge in [-0.05, 0) is 6.92 Å². The first-order valence-corrected chi connectivity index (χ1v) is 6.39. The van der Waals surface area contributed by atoms with Gasteiger partial charge in [0.15, 0.2) is 4.64 Å². The molecule has 0 bridgehead atoms. The van der Waals surface area contributed by atoms with Crippen LogP contribution in [-0.4, -0.2) is 48.5 Å². The molecule has 0 amide bonds. The fourth-order valence-corrected chi connectivity index (χ4v) is 2.60. The summed E-state index contributed by atoms with van der Waals surface area (Å²) in [5.41, 5.74) is 1.32. The first-order valence-electron chi connectivity index (χ1n) is 5.98. The molecule has 2 aromatic heterocycles. The summed E-state index contributed by atoms with van der Waals surface area (Å²) in [7, 11) is 0. The molecule has 1 saturated heterocycles. The Labute approximate surface area is 113 Å². The van der Waals surface area contributed by atoms with Gasteiger partial charge < -0.3 is 19.9 Å². The Balaban J connectivity index is 2.05. The molecule has 19 heavy (non-hydrogen) atoms. The van der Waals surface area contributed by atoms with E-state index in [-0.39, 0.29) is 12.8 Å². The Hall–Kier alpha value is -1.35. The minimum Gasteiger partial charge on any atom is -0.394 e. The third-order valence-electron chi connectivity index (χ3n) is 3.26. The number of H-pyrrole nitrogens is 1. The van der Waals surface area contributed by atoms with Crippen molar-refractivity contribution >= 4 is 23.4 Å². The van der Waals surface area contributed by atoms with Crippen LogP contribution >= 0.6 is 12.2 Å². The summed E-state index contributed by atoms with van der Waals surface area (Å²) in [4.78, 5) is 11.5. The summed E-state index contributed by atoms with van der Waals surface area (Å²) in [5.74, 6) is 0.691. The molecule has 7 nitrogen and oxygen atoms in total. The van der Waals surface area contributed by atoms with Gasteiger partial charge in [-0.1, -0.05) is 12.2 Å². The monoisotopic (exact) mass is 282 g/mol. The Kier molecular flexibility index (Phi) is 3.09. The first kappa shape index (κ1) is 12.7. The second-order valence-electron chi connectivity index (χ2n) is 4.59. The zero-order valence-corrected chi connectivity index (χ0v) is 11.1. The van der Waals surface area contributed by atoms with E-state index < -0.39 is 12.2 Å². The highest BCUT2D eigenvalue weighted by atomic mass is 32.1. The van der Waals surface area contributed by atoms with Gasteiger partial charge in [-0.25, -0.2) is 9.97 Å². The van der Waals surface area contributed by atoms with Crippen molar-refractivity contribution in [2.75, 3.05) is 6.61 Å². The summed E-state index contributed by atoms with van der Waals surface area (Å²) in [6.45, 7) is 1.61. The van der Waals surface area contributed by atoms with Gasteiger partial charge in [-0.2, -0.15) is 0 Å². The van der Waals surface area contributed by atoms with Crippen LogP contribution in [0, 0.1) is 11.6 Å². The molecule has 2 aromatic rings. The van der Waals surface area contributed by atoms with E-state index in [0.29, 0.717) is 28.0 Å². The van der Waals surface area contributed by atoms with Gasteiger partial charge in [0, 0.05) is 6.42 Å². The normalized spacial score (nSPS) is 27.2. The molecule has 8 heteroatoms. The topological polar surface area (TPSA) is 96.2 Å². The van der Waals surface area contributed by atoms with E-state index in [1.807, 2.05) is 6.92 Å². The number of hydrogen-bond acceptors (Lipinski definition) is 6. The Morgan fingerprint density at radius 3 is 3.11 bits per heavy atom. The summed E-state index contributed by atoms with van der Waals surface area (Å²) in [5, 5.41) is 18.9. The molecule has 1 aliphatic heterocycles. The molecular weight excluding hydrogens is 268 g/mol. The molecule has 0 saturated carbocycles. The summed E-state index contributed by atoms with van der Waals surface area (Å²) in [6.07, 6.45) is 0.393. The zero-order valence-electron chi connectivity index (χ0n) is 10.3.